The molecule has 0 saturated heterocycles. The number of hydrogen-bond donors (Lipinski definition) is 2. The average molecular weight is 543 g/mol. The number of fused-ring (bicyclic) bond motifs is 1. The van der Waals surface area contributed by atoms with Crippen molar-refractivity contribution in [3.05, 3.63) is 24.0 Å². The van der Waals surface area contributed by atoms with Crippen molar-refractivity contribution in [3.8, 4) is 0 Å². The first-order valence-corrected chi connectivity index (χ1v) is 13.2. The molecule has 0 spiro atoms. The van der Waals surface area contributed by atoms with Gasteiger partial charge in [0.2, 0.25) is 11.8 Å². The number of carbonyl (C=O) groups is 3. The number of ether oxygens (including phenoxy) is 1. The monoisotopic (exact) mass is 541 g/mol. The van der Waals surface area contributed by atoms with Gasteiger partial charge in [-0.05, 0) is 37.5 Å². The third kappa shape index (κ3) is 8.27. The van der Waals surface area contributed by atoms with E-state index in [4.69, 9.17) is 32.9 Å². The largest absolute Gasteiger partial charge is 0.464 e. The number of rotatable bonds is 14. The van der Waals surface area contributed by atoms with Crippen molar-refractivity contribution >= 4 is 57.7 Å². The number of carbonyl (C=O) groups excluding carboxylic acids is 3. The first-order chi connectivity index (χ1) is 17.1. The van der Waals surface area contributed by atoms with Crippen molar-refractivity contribution in [2.24, 2.45) is 13.0 Å². The normalized spacial score (nSPS) is 12.9. The van der Waals surface area contributed by atoms with Gasteiger partial charge in [0, 0.05) is 50.9 Å². The number of anilines is 1. The minimum absolute atomic E-state index is 0.149. The molecule has 0 fully saturated rings. The van der Waals surface area contributed by atoms with Gasteiger partial charge in [0.05, 0.1) is 17.6 Å². The number of halogens is 2. The summed E-state index contributed by atoms with van der Waals surface area (Å²) in [6.07, 6.45) is 0.573. The van der Waals surface area contributed by atoms with E-state index < -0.39 is 24.0 Å². The van der Waals surface area contributed by atoms with E-state index in [1.54, 1.807) is 6.92 Å². The summed E-state index contributed by atoms with van der Waals surface area (Å²) >= 11 is 11.9. The topological polar surface area (TPSA) is 106 Å². The fourth-order valence-electron chi connectivity index (χ4n) is 4.03. The molecule has 0 aliphatic carbocycles. The molecule has 200 valence electrons. The highest BCUT2D eigenvalue weighted by molar-refractivity contribution is 6.18. The predicted molar refractivity (Wildman–Crippen MR) is 144 cm³/mol. The fourth-order valence-corrected chi connectivity index (χ4v) is 4.44. The van der Waals surface area contributed by atoms with Crippen LogP contribution in [0.4, 0.5) is 5.69 Å². The van der Waals surface area contributed by atoms with Crippen LogP contribution in [0.5, 0.6) is 0 Å². The van der Waals surface area contributed by atoms with Gasteiger partial charge in [0.1, 0.15) is 17.9 Å². The second-order valence-electron chi connectivity index (χ2n) is 9.03. The van der Waals surface area contributed by atoms with Crippen LogP contribution in [0.15, 0.2) is 18.2 Å². The molecule has 11 heteroatoms. The fraction of sp³-hybridized carbons (Fsp3) is 0.600. The predicted octanol–water partition coefficient (Wildman–Crippen LogP) is 3.00. The first-order valence-electron chi connectivity index (χ1n) is 12.2. The molecule has 2 atom stereocenters. The van der Waals surface area contributed by atoms with Gasteiger partial charge in [-0.3, -0.25) is 9.59 Å². The van der Waals surface area contributed by atoms with Crippen LogP contribution in [0.2, 0.25) is 0 Å². The molecule has 2 amide bonds. The van der Waals surface area contributed by atoms with Crippen LogP contribution in [0.3, 0.4) is 0 Å². The number of aromatic nitrogens is 2. The van der Waals surface area contributed by atoms with Crippen molar-refractivity contribution in [1.29, 1.82) is 0 Å². The summed E-state index contributed by atoms with van der Waals surface area (Å²) in [5.74, 6) is 0.408. The Morgan fingerprint density at radius 3 is 2.33 bits per heavy atom. The number of esters is 1. The van der Waals surface area contributed by atoms with Gasteiger partial charge in [-0.25, -0.2) is 9.78 Å². The SMILES string of the molecule is CCOC(=O)C(CC(C)C)NC(=O)C(Cc1nc2cc(N(CCCl)CCCl)ccc2n1C)NC(C)=O. The summed E-state index contributed by atoms with van der Waals surface area (Å²) in [6.45, 7) is 8.50. The zero-order valence-electron chi connectivity index (χ0n) is 21.6. The van der Waals surface area contributed by atoms with E-state index >= 15 is 0 Å². The van der Waals surface area contributed by atoms with Crippen LogP contribution < -0.4 is 15.5 Å². The zero-order valence-corrected chi connectivity index (χ0v) is 23.2. The van der Waals surface area contributed by atoms with Gasteiger partial charge in [-0.2, -0.15) is 0 Å². The van der Waals surface area contributed by atoms with E-state index in [1.165, 1.54) is 6.92 Å². The van der Waals surface area contributed by atoms with E-state index in [0.29, 0.717) is 37.1 Å². The molecule has 1 heterocycles. The van der Waals surface area contributed by atoms with E-state index in [2.05, 4.69) is 15.5 Å². The molecule has 1 aromatic heterocycles. The maximum atomic E-state index is 13.2. The van der Waals surface area contributed by atoms with Gasteiger partial charge < -0.3 is 24.8 Å². The third-order valence-electron chi connectivity index (χ3n) is 5.71. The molecule has 36 heavy (non-hydrogen) atoms. The molecule has 9 nitrogen and oxygen atoms in total. The van der Waals surface area contributed by atoms with E-state index in [1.807, 2.05) is 43.7 Å². The Morgan fingerprint density at radius 2 is 1.78 bits per heavy atom. The summed E-state index contributed by atoms with van der Waals surface area (Å²) in [5.41, 5.74) is 2.59. The highest BCUT2D eigenvalue weighted by Crippen LogP contribution is 2.23. The van der Waals surface area contributed by atoms with E-state index in [9.17, 15) is 14.4 Å². The molecule has 2 aromatic rings. The number of benzene rings is 1. The molecule has 2 rings (SSSR count). The molecule has 0 bridgehead atoms. The summed E-state index contributed by atoms with van der Waals surface area (Å²) in [6, 6.07) is 4.20. The van der Waals surface area contributed by atoms with Gasteiger partial charge in [-0.1, -0.05) is 13.8 Å². The summed E-state index contributed by atoms with van der Waals surface area (Å²) in [5, 5.41) is 5.47. The summed E-state index contributed by atoms with van der Waals surface area (Å²) < 4.78 is 7.03. The maximum Gasteiger partial charge on any atom is 0.328 e. The molecular formula is C25H37Cl2N5O4. The molecule has 0 aliphatic rings. The molecule has 0 radical (unpaired) electrons. The van der Waals surface area contributed by atoms with Crippen LogP contribution in [-0.2, 0) is 32.6 Å². The lowest BCUT2D eigenvalue weighted by atomic mass is 10.0. The van der Waals surface area contributed by atoms with E-state index in [0.717, 1.165) is 16.7 Å². The smallest absolute Gasteiger partial charge is 0.328 e. The number of nitrogens with zero attached hydrogens (tertiary/aromatic N) is 3. The molecule has 2 unspecified atom stereocenters. The first kappa shape index (κ1) is 29.7. The van der Waals surface area contributed by atoms with Crippen molar-refractivity contribution < 1.29 is 19.1 Å². The van der Waals surface area contributed by atoms with Crippen molar-refractivity contribution in [1.82, 2.24) is 20.2 Å². The van der Waals surface area contributed by atoms with E-state index in [-0.39, 0.29) is 24.9 Å². The van der Waals surface area contributed by atoms with Crippen LogP contribution in [0.1, 0.15) is 39.9 Å². The number of amides is 2. The van der Waals surface area contributed by atoms with Crippen molar-refractivity contribution in [2.75, 3.05) is 36.4 Å². The zero-order chi connectivity index (χ0) is 26.8. The Bertz CT molecular complexity index is 1040. The van der Waals surface area contributed by atoms with Crippen LogP contribution >= 0.6 is 23.2 Å². The number of nitrogens with one attached hydrogen (secondary N) is 2. The number of aryl methyl sites for hydroxylation is 1. The maximum absolute atomic E-state index is 13.2. The highest BCUT2D eigenvalue weighted by Gasteiger charge is 2.29. The quantitative estimate of drug-likeness (QED) is 0.281. The average Bonchev–Trinajstić information content (AvgIpc) is 3.12. The Hall–Kier alpha value is -2.52. The van der Waals surface area contributed by atoms with Gasteiger partial charge in [0.25, 0.3) is 0 Å². The van der Waals surface area contributed by atoms with Gasteiger partial charge >= 0.3 is 5.97 Å². The minimum Gasteiger partial charge on any atom is -0.464 e. The lowest BCUT2D eigenvalue weighted by Gasteiger charge is -2.23. The van der Waals surface area contributed by atoms with Crippen LogP contribution in [-0.4, -0.2) is 70.9 Å². The van der Waals surface area contributed by atoms with Crippen molar-refractivity contribution in [3.63, 3.8) is 0 Å². The minimum atomic E-state index is -0.912. The Kier molecular flexibility index (Phi) is 11.8. The molecular weight excluding hydrogens is 505 g/mol. The highest BCUT2D eigenvalue weighted by atomic mass is 35.5. The van der Waals surface area contributed by atoms with Crippen LogP contribution in [0.25, 0.3) is 11.0 Å². The number of alkyl halides is 2. The second kappa shape index (κ2) is 14.3. The third-order valence-corrected chi connectivity index (χ3v) is 6.04. The van der Waals surface area contributed by atoms with Crippen LogP contribution in [0, 0.1) is 5.92 Å². The standard InChI is InChI=1S/C25H37Cl2N5O4/c1-6-36-25(35)21(13-16(2)3)30-24(34)20(28-17(4)33)15-23-29-19-14-18(7-8-22(19)31(23)5)32(11-9-26)12-10-27/h7-8,14,16,20-21H,6,9-13,15H2,1-5H3,(H,28,33)(H,30,34). The Labute approximate surface area is 222 Å². The van der Waals surface area contributed by atoms with Gasteiger partial charge in [0.15, 0.2) is 0 Å². The van der Waals surface area contributed by atoms with Gasteiger partial charge in [-0.15, -0.1) is 23.2 Å². The molecule has 2 N–H and O–H groups in total. The lowest BCUT2D eigenvalue weighted by Crippen LogP contribution is -2.53. The Morgan fingerprint density at radius 1 is 1.11 bits per heavy atom. The number of hydrogen-bond acceptors (Lipinski definition) is 6. The molecule has 0 aliphatic heterocycles. The molecule has 1 aromatic carbocycles. The summed E-state index contributed by atoms with van der Waals surface area (Å²) in [4.78, 5) is 44.3. The number of imidazole rings is 1. The summed E-state index contributed by atoms with van der Waals surface area (Å²) in [7, 11) is 1.86. The molecule has 0 saturated carbocycles. The van der Waals surface area contributed by atoms with Crippen molar-refractivity contribution in [2.45, 2.75) is 52.6 Å². The second-order valence-corrected chi connectivity index (χ2v) is 9.78. The lowest BCUT2D eigenvalue weighted by molar-refractivity contribution is -0.148. The Balaban J connectivity index is 2.31.